The molecule has 3 rings (SSSR count). The van der Waals surface area contributed by atoms with Gasteiger partial charge in [0, 0.05) is 38.4 Å². The maximum atomic E-state index is 13.3. The lowest BCUT2D eigenvalue weighted by Gasteiger charge is -2.37. The number of hydrogen-bond donors (Lipinski definition) is 1. The molecule has 8 heteroatoms. The second-order valence-electron chi connectivity index (χ2n) is 7.26. The van der Waals surface area contributed by atoms with Gasteiger partial charge in [0.1, 0.15) is 5.82 Å². The van der Waals surface area contributed by atoms with Crippen molar-refractivity contribution in [3.63, 3.8) is 0 Å². The summed E-state index contributed by atoms with van der Waals surface area (Å²) < 4.78 is 25.0. The van der Waals surface area contributed by atoms with Crippen LogP contribution in [0.2, 0.25) is 0 Å². The molecule has 6 nitrogen and oxygen atoms in total. The van der Waals surface area contributed by atoms with E-state index in [1.54, 1.807) is 26.4 Å². The summed E-state index contributed by atoms with van der Waals surface area (Å²) in [5.74, 6) is 0.888. The van der Waals surface area contributed by atoms with Crippen LogP contribution in [0, 0.1) is 5.82 Å². The molecule has 2 aromatic rings. The molecule has 0 bridgehead atoms. The molecule has 0 spiro atoms. The van der Waals surface area contributed by atoms with E-state index in [1.807, 2.05) is 19.1 Å². The largest absolute Gasteiger partial charge is 0.493 e. The number of nitrogens with one attached hydrogen (secondary N) is 1. The number of carbonyl (C=O) groups is 1. The molecule has 0 aromatic heterocycles. The van der Waals surface area contributed by atoms with Crippen molar-refractivity contribution in [2.24, 2.45) is 0 Å². The summed E-state index contributed by atoms with van der Waals surface area (Å²) in [4.78, 5) is 17.0. The lowest BCUT2D eigenvalue weighted by atomic mass is 10.1. The molecule has 0 aliphatic carbocycles. The van der Waals surface area contributed by atoms with Crippen LogP contribution < -0.4 is 14.8 Å². The fourth-order valence-electron chi connectivity index (χ4n) is 3.58. The molecule has 2 aromatic carbocycles. The molecule has 1 fully saturated rings. The Bertz CT molecular complexity index is 888. The van der Waals surface area contributed by atoms with E-state index >= 15 is 0 Å². The van der Waals surface area contributed by atoms with Crippen LogP contribution in [0.4, 0.5) is 10.1 Å². The number of amides is 1. The van der Waals surface area contributed by atoms with E-state index in [-0.39, 0.29) is 17.8 Å². The van der Waals surface area contributed by atoms with Crippen LogP contribution in [0.15, 0.2) is 40.9 Å². The van der Waals surface area contributed by atoms with Gasteiger partial charge in [-0.2, -0.15) is 0 Å². The number of halogens is 2. The smallest absolute Gasteiger partial charge is 0.241 e. The zero-order valence-corrected chi connectivity index (χ0v) is 19.0. The molecule has 1 aliphatic rings. The molecule has 1 aliphatic heterocycles. The van der Waals surface area contributed by atoms with Gasteiger partial charge in [0.25, 0.3) is 0 Å². The highest BCUT2D eigenvalue weighted by Gasteiger charge is 2.26. The van der Waals surface area contributed by atoms with Crippen LogP contribution >= 0.6 is 15.9 Å². The zero-order valence-electron chi connectivity index (χ0n) is 17.5. The number of carbonyl (C=O) groups excluding carboxylic acids is 1. The molecule has 1 N–H and O–H groups in total. The number of rotatable bonds is 7. The van der Waals surface area contributed by atoms with Gasteiger partial charge in [0.05, 0.1) is 24.7 Å². The first-order valence-electron chi connectivity index (χ1n) is 9.85. The monoisotopic (exact) mass is 479 g/mol. The third-order valence-corrected chi connectivity index (χ3v) is 6.25. The highest BCUT2D eigenvalue weighted by Crippen LogP contribution is 2.38. The summed E-state index contributed by atoms with van der Waals surface area (Å²) in [6, 6.07) is 9.61. The number of piperazine rings is 1. The lowest BCUT2D eigenvalue weighted by molar-refractivity contribution is -0.121. The van der Waals surface area contributed by atoms with E-state index in [9.17, 15) is 9.18 Å². The van der Waals surface area contributed by atoms with Crippen molar-refractivity contribution in [3.8, 4) is 11.5 Å². The number of methoxy groups -OCH3 is 2. The molecule has 1 atom stereocenters. The zero-order chi connectivity index (χ0) is 21.7. The first-order chi connectivity index (χ1) is 14.4. The normalized spacial score (nSPS) is 16.2. The minimum Gasteiger partial charge on any atom is -0.493 e. The average Bonchev–Trinajstić information content (AvgIpc) is 2.75. The molecule has 1 saturated heterocycles. The predicted molar refractivity (Wildman–Crippen MR) is 119 cm³/mol. The number of hydrogen-bond acceptors (Lipinski definition) is 5. The fraction of sp³-hybridized carbons (Fsp3) is 0.409. The van der Waals surface area contributed by atoms with Crippen LogP contribution in [0.3, 0.4) is 0 Å². The Balaban J connectivity index is 1.55. The van der Waals surface area contributed by atoms with Crippen molar-refractivity contribution in [3.05, 3.63) is 52.3 Å². The summed E-state index contributed by atoms with van der Waals surface area (Å²) in [7, 11) is 3.25. The van der Waals surface area contributed by atoms with Gasteiger partial charge in [-0.3, -0.25) is 14.6 Å². The third-order valence-electron chi connectivity index (χ3n) is 5.39. The van der Waals surface area contributed by atoms with Crippen LogP contribution in [0.25, 0.3) is 0 Å². The highest BCUT2D eigenvalue weighted by atomic mass is 79.9. The van der Waals surface area contributed by atoms with Gasteiger partial charge in [-0.1, -0.05) is 12.1 Å². The molecule has 162 valence electrons. The Morgan fingerprint density at radius 2 is 1.90 bits per heavy atom. The quantitative estimate of drug-likeness (QED) is 0.655. The van der Waals surface area contributed by atoms with Gasteiger partial charge in [-0.25, -0.2) is 4.39 Å². The average molecular weight is 480 g/mol. The van der Waals surface area contributed by atoms with Gasteiger partial charge in [-0.15, -0.1) is 0 Å². The molecule has 0 radical (unpaired) electrons. The highest BCUT2D eigenvalue weighted by molar-refractivity contribution is 9.10. The van der Waals surface area contributed by atoms with Crippen LogP contribution in [0.1, 0.15) is 12.5 Å². The molecule has 0 saturated carbocycles. The van der Waals surface area contributed by atoms with Crippen LogP contribution in [-0.4, -0.2) is 62.1 Å². The van der Waals surface area contributed by atoms with Crippen molar-refractivity contribution in [2.45, 2.75) is 19.5 Å². The standard InChI is InChI=1S/C22H27BrFN3O3/c1-15(22(28)25-18-6-4-5-17(24)13-18)27-11-9-26(10-12-27)14-16-7-8-19(29-2)21(30-3)20(16)23/h4-8,13,15H,9-12,14H2,1-3H3,(H,25,28). The Hall–Kier alpha value is -2.16. The van der Waals surface area contributed by atoms with E-state index in [0.29, 0.717) is 17.2 Å². The maximum Gasteiger partial charge on any atom is 0.241 e. The van der Waals surface area contributed by atoms with E-state index in [1.165, 1.54) is 12.1 Å². The first kappa shape index (κ1) is 22.5. The van der Waals surface area contributed by atoms with Crippen molar-refractivity contribution >= 4 is 27.5 Å². The summed E-state index contributed by atoms with van der Waals surface area (Å²) in [5, 5.41) is 2.80. The second-order valence-corrected chi connectivity index (χ2v) is 8.05. The SMILES string of the molecule is COc1ccc(CN2CCN(C(C)C(=O)Nc3cccc(F)c3)CC2)c(Br)c1OC. The fourth-order valence-corrected chi connectivity index (χ4v) is 4.20. The molecule has 1 unspecified atom stereocenters. The van der Waals surface area contributed by atoms with Gasteiger partial charge in [0.15, 0.2) is 11.5 Å². The van der Waals surface area contributed by atoms with E-state index < -0.39 is 0 Å². The number of anilines is 1. The molecular formula is C22H27BrFN3O3. The third kappa shape index (κ3) is 5.30. The van der Waals surface area contributed by atoms with Crippen molar-refractivity contribution in [1.29, 1.82) is 0 Å². The lowest BCUT2D eigenvalue weighted by Crippen LogP contribution is -2.52. The minimum atomic E-state index is -0.365. The predicted octanol–water partition coefficient (Wildman–Crippen LogP) is 3.75. The maximum absolute atomic E-state index is 13.3. The second kappa shape index (κ2) is 10.2. The van der Waals surface area contributed by atoms with Gasteiger partial charge < -0.3 is 14.8 Å². The van der Waals surface area contributed by atoms with E-state index in [2.05, 4.69) is 31.0 Å². The van der Waals surface area contributed by atoms with E-state index in [4.69, 9.17) is 9.47 Å². The first-order valence-corrected chi connectivity index (χ1v) is 10.6. The van der Waals surface area contributed by atoms with Gasteiger partial charge >= 0.3 is 0 Å². The number of ether oxygens (including phenoxy) is 2. The van der Waals surface area contributed by atoms with Gasteiger partial charge in [-0.05, 0) is 52.7 Å². The van der Waals surface area contributed by atoms with Crippen molar-refractivity contribution < 1.29 is 18.7 Å². The summed E-state index contributed by atoms with van der Waals surface area (Å²) >= 11 is 3.63. The molecular weight excluding hydrogens is 453 g/mol. The number of benzene rings is 2. The van der Waals surface area contributed by atoms with Gasteiger partial charge in [0.2, 0.25) is 5.91 Å². The van der Waals surface area contributed by atoms with Crippen molar-refractivity contribution in [1.82, 2.24) is 9.80 Å². The summed E-state index contributed by atoms with van der Waals surface area (Å²) in [6.07, 6.45) is 0. The summed E-state index contributed by atoms with van der Waals surface area (Å²) in [6.45, 7) is 5.91. The Labute approximate surface area is 185 Å². The topological polar surface area (TPSA) is 54.0 Å². The molecule has 1 heterocycles. The molecule has 1 amide bonds. The summed E-state index contributed by atoms with van der Waals surface area (Å²) in [5.41, 5.74) is 1.60. The number of nitrogens with zero attached hydrogens (tertiary/aromatic N) is 2. The Kier molecular flexibility index (Phi) is 7.69. The Morgan fingerprint density at radius 3 is 2.53 bits per heavy atom. The van der Waals surface area contributed by atoms with E-state index in [0.717, 1.165) is 42.8 Å². The molecule has 30 heavy (non-hydrogen) atoms. The van der Waals surface area contributed by atoms with Crippen LogP contribution in [-0.2, 0) is 11.3 Å². The Morgan fingerprint density at radius 1 is 1.17 bits per heavy atom. The minimum absolute atomic E-state index is 0.128. The van der Waals surface area contributed by atoms with Crippen molar-refractivity contribution in [2.75, 3.05) is 45.7 Å². The van der Waals surface area contributed by atoms with Crippen LogP contribution in [0.5, 0.6) is 11.5 Å².